The van der Waals surface area contributed by atoms with Gasteiger partial charge >= 0.3 is 6.03 Å². The van der Waals surface area contributed by atoms with E-state index in [0.29, 0.717) is 72.1 Å². The zero-order valence-corrected chi connectivity index (χ0v) is 32.2. The lowest BCUT2D eigenvalue weighted by Gasteiger charge is -2.26. The Labute approximate surface area is 321 Å². The van der Waals surface area contributed by atoms with Gasteiger partial charge in [-0.3, -0.25) is 9.69 Å². The average molecular weight is 748 g/mol. The maximum Gasteiger partial charge on any atom is 0.323 e. The highest BCUT2D eigenvalue weighted by Crippen LogP contribution is 2.39. The van der Waals surface area contributed by atoms with E-state index in [-0.39, 0.29) is 11.3 Å². The van der Waals surface area contributed by atoms with Gasteiger partial charge in [-0.1, -0.05) is 45.0 Å². The van der Waals surface area contributed by atoms with Crippen molar-refractivity contribution in [3.8, 4) is 23.1 Å². The Balaban J connectivity index is 1.16. The summed E-state index contributed by atoms with van der Waals surface area (Å²) >= 11 is 0. The molecule has 4 aromatic carbocycles. The minimum atomic E-state index is -0.420. The Morgan fingerprint density at radius 1 is 0.873 bits per heavy atom. The number of carbonyl (C=O) groups is 2. The maximum absolute atomic E-state index is 13.4. The number of methoxy groups -OCH3 is 2. The minimum Gasteiger partial charge on any atom is -0.497 e. The molecule has 0 atom stereocenters. The number of nitrogens with one attached hydrogen (secondary N) is 4. The van der Waals surface area contributed by atoms with E-state index in [2.05, 4.69) is 56.9 Å². The van der Waals surface area contributed by atoms with Crippen molar-refractivity contribution in [2.45, 2.75) is 32.6 Å². The molecular formula is C42H49N7O6. The molecular weight excluding hydrogens is 699 g/mol. The smallest absolute Gasteiger partial charge is 0.323 e. The van der Waals surface area contributed by atoms with Gasteiger partial charge in [-0.15, -0.1) is 0 Å². The molecule has 288 valence electrons. The van der Waals surface area contributed by atoms with E-state index in [4.69, 9.17) is 18.9 Å². The number of urea groups is 1. The predicted molar refractivity (Wildman–Crippen MR) is 215 cm³/mol. The van der Waals surface area contributed by atoms with Gasteiger partial charge in [-0.2, -0.15) is 4.98 Å². The molecule has 4 N–H and O–H groups in total. The topological polar surface area (TPSA) is 148 Å². The highest BCUT2D eigenvalue weighted by atomic mass is 16.5. The first kappa shape index (κ1) is 38.8. The summed E-state index contributed by atoms with van der Waals surface area (Å²) in [6.07, 6.45) is 1.99. The molecule has 5 aromatic rings. The SMILES string of the molecule is CNc1cc(C(C)(C)C)cc(NC(=O)Nc2ccc(Oc3ccnc(Cc4cc(OC)cc(C(=O)NCCN5CCOCC5)c4)n3)c3ccccc23)c1OC. The summed E-state index contributed by atoms with van der Waals surface area (Å²) in [7, 11) is 4.97. The Kier molecular flexibility index (Phi) is 12.3. The number of benzene rings is 4. The first-order valence-electron chi connectivity index (χ1n) is 18.3. The summed E-state index contributed by atoms with van der Waals surface area (Å²) in [6.45, 7) is 10.8. The zero-order valence-electron chi connectivity index (χ0n) is 32.2. The molecule has 55 heavy (non-hydrogen) atoms. The van der Waals surface area contributed by atoms with Crippen LogP contribution < -0.4 is 35.5 Å². The van der Waals surface area contributed by atoms with Crippen LogP contribution in [0.1, 0.15) is 48.1 Å². The molecule has 3 amide bonds. The predicted octanol–water partition coefficient (Wildman–Crippen LogP) is 7.08. The lowest BCUT2D eigenvalue weighted by Crippen LogP contribution is -2.41. The van der Waals surface area contributed by atoms with Gasteiger partial charge in [0.15, 0.2) is 5.75 Å². The zero-order chi connectivity index (χ0) is 39.0. The fourth-order valence-corrected chi connectivity index (χ4v) is 6.39. The van der Waals surface area contributed by atoms with Crippen LogP contribution in [0.4, 0.5) is 21.9 Å². The molecule has 1 aromatic heterocycles. The number of carbonyl (C=O) groups excluding carboxylic acids is 2. The molecule has 0 saturated carbocycles. The lowest BCUT2D eigenvalue weighted by atomic mass is 9.86. The lowest BCUT2D eigenvalue weighted by molar-refractivity contribution is 0.0383. The third-order valence-electron chi connectivity index (χ3n) is 9.35. The fourth-order valence-electron chi connectivity index (χ4n) is 6.39. The third-order valence-corrected chi connectivity index (χ3v) is 9.35. The van der Waals surface area contributed by atoms with Crippen LogP contribution in [0.15, 0.2) is 79.0 Å². The van der Waals surface area contributed by atoms with Gasteiger partial charge in [0.1, 0.15) is 17.3 Å². The Morgan fingerprint density at radius 3 is 2.35 bits per heavy atom. The van der Waals surface area contributed by atoms with Crippen molar-refractivity contribution >= 4 is 39.8 Å². The van der Waals surface area contributed by atoms with E-state index >= 15 is 0 Å². The second-order valence-corrected chi connectivity index (χ2v) is 14.2. The van der Waals surface area contributed by atoms with Crippen LogP contribution in [0, 0.1) is 0 Å². The van der Waals surface area contributed by atoms with Crippen molar-refractivity contribution in [2.75, 3.05) is 76.6 Å². The summed E-state index contributed by atoms with van der Waals surface area (Å²) in [5.74, 6) is 2.35. The molecule has 13 heteroatoms. The molecule has 2 heterocycles. The summed E-state index contributed by atoms with van der Waals surface area (Å²) in [4.78, 5) is 38.0. The molecule has 0 radical (unpaired) electrons. The van der Waals surface area contributed by atoms with Gasteiger partial charge in [-0.25, -0.2) is 9.78 Å². The largest absolute Gasteiger partial charge is 0.497 e. The van der Waals surface area contributed by atoms with Crippen LogP contribution in [0.3, 0.4) is 0 Å². The van der Waals surface area contributed by atoms with E-state index in [9.17, 15) is 9.59 Å². The number of hydrogen-bond donors (Lipinski definition) is 4. The number of morpholine rings is 1. The Bertz CT molecular complexity index is 2150. The van der Waals surface area contributed by atoms with Gasteiger partial charge in [0.25, 0.3) is 5.91 Å². The molecule has 1 aliphatic rings. The van der Waals surface area contributed by atoms with Gasteiger partial charge in [0, 0.05) is 68.2 Å². The van der Waals surface area contributed by atoms with E-state index in [0.717, 1.165) is 47.2 Å². The van der Waals surface area contributed by atoms with Crippen molar-refractivity contribution < 1.29 is 28.5 Å². The van der Waals surface area contributed by atoms with E-state index in [1.165, 1.54) is 0 Å². The second-order valence-electron chi connectivity index (χ2n) is 14.2. The van der Waals surface area contributed by atoms with E-state index < -0.39 is 6.03 Å². The third kappa shape index (κ3) is 9.80. The van der Waals surface area contributed by atoms with Crippen LogP contribution in [0.25, 0.3) is 10.8 Å². The van der Waals surface area contributed by atoms with Crippen LogP contribution in [-0.2, 0) is 16.6 Å². The molecule has 0 unspecified atom stereocenters. The highest BCUT2D eigenvalue weighted by Gasteiger charge is 2.21. The van der Waals surface area contributed by atoms with Crippen LogP contribution in [0.2, 0.25) is 0 Å². The summed E-state index contributed by atoms with van der Waals surface area (Å²) in [5, 5.41) is 13.7. The van der Waals surface area contributed by atoms with Crippen LogP contribution >= 0.6 is 0 Å². The van der Waals surface area contributed by atoms with Crippen LogP contribution in [-0.4, -0.2) is 87.5 Å². The summed E-state index contributed by atoms with van der Waals surface area (Å²) in [6, 6.07) is 21.9. The van der Waals surface area contributed by atoms with E-state index in [1.54, 1.807) is 44.7 Å². The number of rotatable bonds is 13. The molecule has 13 nitrogen and oxygen atoms in total. The monoisotopic (exact) mass is 747 g/mol. The first-order chi connectivity index (χ1) is 26.5. The summed E-state index contributed by atoms with van der Waals surface area (Å²) in [5.41, 5.74) is 4.13. The standard InChI is InChI=1S/C42H49N7O6/c1-42(2,3)29-25-34(43-4)39(53-6)35(26-29)47-41(51)46-33-11-12-36(32-10-8-7-9-31(32)33)55-38-13-14-44-37(48-38)23-27-21-28(24-30(22-27)52-5)40(50)45-15-16-49-17-19-54-20-18-49/h7-14,21-22,24-26,43H,15-20,23H2,1-6H3,(H,45,50)(H2,46,47,51). The van der Waals surface area contributed by atoms with Gasteiger partial charge in [-0.05, 0) is 59.0 Å². The number of hydrogen-bond acceptors (Lipinski definition) is 10. The fraction of sp³-hybridized carbons (Fsp3) is 0.333. The van der Waals surface area contributed by atoms with Crippen molar-refractivity contribution in [1.82, 2.24) is 20.2 Å². The molecule has 0 spiro atoms. The van der Waals surface area contributed by atoms with Gasteiger partial charge in [0.05, 0.1) is 44.5 Å². The van der Waals surface area contributed by atoms with Gasteiger partial charge < -0.3 is 40.2 Å². The number of nitrogens with zero attached hydrogens (tertiary/aromatic N) is 3. The van der Waals surface area contributed by atoms with Crippen molar-refractivity contribution in [3.05, 3.63) is 102 Å². The Morgan fingerprint density at radius 2 is 1.62 bits per heavy atom. The van der Waals surface area contributed by atoms with Crippen molar-refractivity contribution in [1.29, 1.82) is 0 Å². The second kappa shape index (κ2) is 17.5. The molecule has 0 aliphatic carbocycles. The highest BCUT2D eigenvalue weighted by molar-refractivity contribution is 6.08. The van der Waals surface area contributed by atoms with Crippen molar-refractivity contribution in [2.24, 2.45) is 0 Å². The van der Waals surface area contributed by atoms with Crippen LogP contribution in [0.5, 0.6) is 23.1 Å². The number of amides is 3. The van der Waals surface area contributed by atoms with Gasteiger partial charge in [0.2, 0.25) is 5.88 Å². The minimum absolute atomic E-state index is 0.152. The quantitative estimate of drug-likeness (QED) is 0.0986. The molecule has 6 rings (SSSR count). The van der Waals surface area contributed by atoms with Crippen molar-refractivity contribution in [3.63, 3.8) is 0 Å². The Hall–Kier alpha value is -5.92. The first-order valence-corrected chi connectivity index (χ1v) is 18.3. The number of ether oxygens (including phenoxy) is 4. The molecule has 1 fully saturated rings. The number of aromatic nitrogens is 2. The number of anilines is 3. The normalized spacial score (nSPS) is 13.2. The maximum atomic E-state index is 13.4. The molecule has 1 aliphatic heterocycles. The average Bonchev–Trinajstić information content (AvgIpc) is 3.18. The summed E-state index contributed by atoms with van der Waals surface area (Å²) < 4.78 is 22.9. The number of fused-ring (bicyclic) bond motifs is 1. The molecule has 1 saturated heterocycles. The molecule has 0 bridgehead atoms. The van der Waals surface area contributed by atoms with E-state index in [1.807, 2.05) is 55.6 Å².